The molecule has 0 radical (unpaired) electrons. The van der Waals surface area contributed by atoms with Crippen molar-refractivity contribution in [2.45, 2.75) is 18.6 Å². The van der Waals surface area contributed by atoms with E-state index in [4.69, 9.17) is 16.2 Å². The lowest BCUT2D eigenvalue weighted by Gasteiger charge is -2.34. The van der Waals surface area contributed by atoms with Crippen LogP contribution in [0.5, 0.6) is 0 Å². The minimum atomic E-state index is -0.504. The van der Waals surface area contributed by atoms with E-state index in [-0.39, 0.29) is 6.04 Å². The maximum Gasteiger partial charge on any atom is 0.106 e. The fourth-order valence-electron chi connectivity index (χ4n) is 1.48. The number of hydrogen-bond donors (Lipinski definition) is 2. The highest BCUT2D eigenvalue weighted by Crippen LogP contribution is 2.26. The number of nitrogens with two attached hydrogens (primary N) is 2. The number of hydrogen-bond acceptors (Lipinski definition) is 3. The van der Waals surface area contributed by atoms with Crippen molar-refractivity contribution < 1.29 is 4.74 Å². The van der Waals surface area contributed by atoms with Gasteiger partial charge in [-0.25, -0.2) is 0 Å². The van der Waals surface area contributed by atoms with Gasteiger partial charge in [-0.1, -0.05) is 30.3 Å². The topological polar surface area (TPSA) is 61.3 Å². The Morgan fingerprint density at radius 3 is 2.36 bits per heavy atom. The third kappa shape index (κ3) is 1.95. The van der Waals surface area contributed by atoms with Crippen LogP contribution < -0.4 is 11.5 Å². The summed E-state index contributed by atoms with van der Waals surface area (Å²) in [7, 11) is 1.66. The fraction of sp³-hybridized carbons (Fsp3) is 0.455. The molecule has 0 heterocycles. The molecular formula is C11H18N2O. The van der Waals surface area contributed by atoms with Gasteiger partial charge in [-0.3, -0.25) is 0 Å². The van der Waals surface area contributed by atoms with Crippen molar-refractivity contribution in [3.05, 3.63) is 35.9 Å². The monoisotopic (exact) mass is 194 g/mol. The molecule has 1 aromatic carbocycles. The van der Waals surface area contributed by atoms with E-state index >= 15 is 0 Å². The van der Waals surface area contributed by atoms with Crippen LogP contribution in [0.4, 0.5) is 0 Å². The second kappa shape index (κ2) is 4.55. The molecule has 0 bridgehead atoms. The Bertz CT molecular complexity index is 276. The van der Waals surface area contributed by atoms with Crippen LogP contribution in [0.15, 0.2) is 30.3 Å². The van der Waals surface area contributed by atoms with Crippen molar-refractivity contribution in [2.24, 2.45) is 11.5 Å². The van der Waals surface area contributed by atoms with E-state index in [1.807, 2.05) is 37.3 Å². The Labute approximate surface area is 85.0 Å². The van der Waals surface area contributed by atoms with Crippen LogP contribution in [0, 0.1) is 0 Å². The SMILES string of the molecule is COC(C)(c1ccccc1)C(N)CN. The number of rotatable bonds is 4. The highest BCUT2D eigenvalue weighted by molar-refractivity contribution is 5.24. The lowest BCUT2D eigenvalue weighted by Crippen LogP contribution is -2.49. The Balaban J connectivity index is 3.01. The van der Waals surface area contributed by atoms with E-state index in [0.717, 1.165) is 5.56 Å². The third-order valence-electron chi connectivity index (χ3n) is 2.73. The van der Waals surface area contributed by atoms with Gasteiger partial charge in [-0.15, -0.1) is 0 Å². The summed E-state index contributed by atoms with van der Waals surface area (Å²) in [5.41, 5.74) is 12.1. The molecule has 78 valence electrons. The van der Waals surface area contributed by atoms with Gasteiger partial charge < -0.3 is 16.2 Å². The van der Waals surface area contributed by atoms with Crippen LogP contribution in [-0.4, -0.2) is 19.7 Å². The fourth-order valence-corrected chi connectivity index (χ4v) is 1.48. The van der Waals surface area contributed by atoms with Gasteiger partial charge in [0.1, 0.15) is 5.60 Å². The van der Waals surface area contributed by atoms with Gasteiger partial charge in [-0.05, 0) is 12.5 Å². The summed E-state index contributed by atoms with van der Waals surface area (Å²) in [6, 6.07) is 9.70. The molecule has 0 spiro atoms. The number of methoxy groups -OCH3 is 1. The molecule has 3 nitrogen and oxygen atoms in total. The molecule has 0 aliphatic carbocycles. The summed E-state index contributed by atoms with van der Waals surface area (Å²) < 4.78 is 5.47. The van der Waals surface area contributed by atoms with Crippen LogP contribution in [0.3, 0.4) is 0 Å². The summed E-state index contributed by atoms with van der Waals surface area (Å²) in [6.45, 7) is 2.36. The smallest absolute Gasteiger partial charge is 0.106 e. The van der Waals surface area contributed by atoms with Crippen LogP contribution >= 0.6 is 0 Å². The summed E-state index contributed by atoms with van der Waals surface area (Å²) >= 11 is 0. The molecule has 0 saturated carbocycles. The van der Waals surface area contributed by atoms with E-state index in [1.165, 1.54) is 0 Å². The highest BCUT2D eigenvalue weighted by atomic mass is 16.5. The molecule has 0 saturated heterocycles. The zero-order valence-electron chi connectivity index (χ0n) is 8.73. The van der Waals surface area contributed by atoms with Gasteiger partial charge in [0.05, 0.1) is 0 Å². The predicted molar refractivity (Wildman–Crippen MR) is 57.8 cm³/mol. The average molecular weight is 194 g/mol. The third-order valence-corrected chi connectivity index (χ3v) is 2.73. The van der Waals surface area contributed by atoms with Crippen LogP contribution in [0.2, 0.25) is 0 Å². The van der Waals surface area contributed by atoms with Gasteiger partial charge in [0.2, 0.25) is 0 Å². The second-order valence-corrected chi connectivity index (χ2v) is 3.52. The first-order valence-electron chi connectivity index (χ1n) is 4.71. The van der Waals surface area contributed by atoms with Crippen LogP contribution in [0.1, 0.15) is 12.5 Å². The van der Waals surface area contributed by atoms with Gasteiger partial charge >= 0.3 is 0 Å². The first-order valence-corrected chi connectivity index (χ1v) is 4.71. The molecule has 3 heteroatoms. The molecule has 0 aromatic heterocycles. The molecule has 1 rings (SSSR count). The molecule has 0 aliphatic rings. The largest absolute Gasteiger partial charge is 0.372 e. The molecule has 0 amide bonds. The highest BCUT2D eigenvalue weighted by Gasteiger charge is 2.32. The Kier molecular flexibility index (Phi) is 3.63. The molecule has 2 unspecified atom stereocenters. The van der Waals surface area contributed by atoms with Crippen LogP contribution in [0.25, 0.3) is 0 Å². The number of ether oxygens (including phenoxy) is 1. The Morgan fingerprint density at radius 1 is 1.36 bits per heavy atom. The van der Waals surface area contributed by atoms with Crippen molar-refractivity contribution in [3.63, 3.8) is 0 Å². The van der Waals surface area contributed by atoms with Crippen molar-refractivity contribution in [2.75, 3.05) is 13.7 Å². The first kappa shape index (κ1) is 11.2. The van der Waals surface area contributed by atoms with Crippen LogP contribution in [-0.2, 0) is 10.3 Å². The molecular weight excluding hydrogens is 176 g/mol. The van der Waals surface area contributed by atoms with Crippen molar-refractivity contribution in [1.82, 2.24) is 0 Å². The van der Waals surface area contributed by atoms with E-state index in [0.29, 0.717) is 6.54 Å². The lowest BCUT2D eigenvalue weighted by atomic mass is 9.88. The van der Waals surface area contributed by atoms with E-state index in [1.54, 1.807) is 7.11 Å². The minimum Gasteiger partial charge on any atom is -0.372 e. The Hall–Kier alpha value is -0.900. The quantitative estimate of drug-likeness (QED) is 0.746. The van der Waals surface area contributed by atoms with Crippen molar-refractivity contribution in [1.29, 1.82) is 0 Å². The molecule has 2 atom stereocenters. The summed E-state index contributed by atoms with van der Waals surface area (Å²) in [4.78, 5) is 0. The van der Waals surface area contributed by atoms with Gasteiger partial charge in [0.25, 0.3) is 0 Å². The first-order chi connectivity index (χ1) is 6.65. The second-order valence-electron chi connectivity index (χ2n) is 3.52. The van der Waals surface area contributed by atoms with Gasteiger partial charge in [-0.2, -0.15) is 0 Å². The van der Waals surface area contributed by atoms with Gasteiger partial charge in [0.15, 0.2) is 0 Å². The minimum absolute atomic E-state index is 0.199. The normalized spacial score (nSPS) is 17.4. The van der Waals surface area contributed by atoms with Gasteiger partial charge in [0, 0.05) is 19.7 Å². The van der Waals surface area contributed by atoms with Crippen molar-refractivity contribution >= 4 is 0 Å². The summed E-state index contributed by atoms with van der Waals surface area (Å²) in [5.74, 6) is 0. The van der Waals surface area contributed by atoms with E-state index < -0.39 is 5.60 Å². The summed E-state index contributed by atoms with van der Waals surface area (Å²) in [6.07, 6.45) is 0. The maximum absolute atomic E-state index is 5.94. The predicted octanol–water partition coefficient (Wildman–Crippen LogP) is 0.834. The van der Waals surface area contributed by atoms with E-state index in [2.05, 4.69) is 0 Å². The maximum atomic E-state index is 5.94. The van der Waals surface area contributed by atoms with E-state index in [9.17, 15) is 0 Å². The summed E-state index contributed by atoms with van der Waals surface area (Å²) in [5, 5.41) is 0. The lowest BCUT2D eigenvalue weighted by molar-refractivity contribution is -0.0180. The zero-order chi connectivity index (χ0) is 10.6. The zero-order valence-corrected chi connectivity index (χ0v) is 8.73. The average Bonchev–Trinajstić information content (AvgIpc) is 2.28. The molecule has 1 aromatic rings. The van der Waals surface area contributed by atoms with Crippen molar-refractivity contribution in [3.8, 4) is 0 Å². The molecule has 4 N–H and O–H groups in total. The molecule has 0 fully saturated rings. The molecule has 0 aliphatic heterocycles. The number of benzene rings is 1. The standard InChI is InChI=1S/C11H18N2O/c1-11(14-2,10(13)8-12)9-6-4-3-5-7-9/h3-7,10H,8,12-13H2,1-2H3. The molecule has 14 heavy (non-hydrogen) atoms. The Morgan fingerprint density at radius 2 is 1.93 bits per heavy atom.